The first kappa shape index (κ1) is 16.0. The van der Waals surface area contributed by atoms with Crippen LogP contribution in [0.5, 0.6) is 0 Å². The molecule has 6 heteroatoms. The molecule has 1 unspecified atom stereocenters. The Morgan fingerprint density at radius 3 is 2.78 bits per heavy atom. The second-order valence-electron chi connectivity index (χ2n) is 4.20. The highest BCUT2D eigenvalue weighted by Gasteiger charge is 2.14. The van der Waals surface area contributed by atoms with E-state index in [0.717, 1.165) is 35.2 Å². The van der Waals surface area contributed by atoms with Crippen LogP contribution in [0, 0.1) is 0 Å². The lowest BCUT2D eigenvalue weighted by Gasteiger charge is -2.16. The minimum atomic E-state index is 0.277. The molecule has 1 rings (SSSR count). The number of nitrogens with zero attached hydrogens (tertiary/aromatic N) is 2. The van der Waals surface area contributed by atoms with E-state index in [1.807, 2.05) is 11.7 Å². The Morgan fingerprint density at radius 2 is 2.28 bits per heavy atom. The van der Waals surface area contributed by atoms with Gasteiger partial charge in [0.2, 0.25) is 0 Å². The lowest BCUT2D eigenvalue weighted by Crippen LogP contribution is -2.33. The summed E-state index contributed by atoms with van der Waals surface area (Å²) in [5.41, 5.74) is 2.25. The van der Waals surface area contributed by atoms with Crippen molar-refractivity contribution in [3.8, 4) is 0 Å². The van der Waals surface area contributed by atoms with Crippen LogP contribution in [0.25, 0.3) is 0 Å². The molecule has 0 spiro atoms. The summed E-state index contributed by atoms with van der Waals surface area (Å²) in [6.07, 6.45) is 1.82. The van der Waals surface area contributed by atoms with Crippen LogP contribution >= 0.6 is 27.5 Å². The van der Waals surface area contributed by atoms with E-state index in [2.05, 4.69) is 33.3 Å². The number of alkyl halides is 1. The molecule has 0 bridgehead atoms. The second-order valence-corrected chi connectivity index (χ2v) is 5.37. The zero-order valence-corrected chi connectivity index (χ0v) is 13.5. The van der Waals surface area contributed by atoms with E-state index in [0.29, 0.717) is 12.5 Å². The van der Waals surface area contributed by atoms with Gasteiger partial charge in [0.1, 0.15) is 0 Å². The van der Waals surface area contributed by atoms with Crippen LogP contribution in [-0.4, -0.2) is 35.4 Å². The molecule has 0 radical (unpaired) electrons. The van der Waals surface area contributed by atoms with Gasteiger partial charge in [-0.3, -0.25) is 4.68 Å². The van der Waals surface area contributed by atoms with Gasteiger partial charge in [0.25, 0.3) is 0 Å². The topological polar surface area (TPSA) is 39.1 Å². The molecule has 1 heterocycles. The van der Waals surface area contributed by atoms with Crippen molar-refractivity contribution in [1.29, 1.82) is 0 Å². The summed E-state index contributed by atoms with van der Waals surface area (Å²) in [6.45, 7) is 3.53. The first-order valence-corrected chi connectivity index (χ1v) is 7.45. The summed E-state index contributed by atoms with van der Waals surface area (Å²) in [7, 11) is 3.67. The third kappa shape index (κ3) is 4.23. The normalized spacial score (nSPS) is 12.9. The maximum absolute atomic E-state index is 5.78. The fourth-order valence-corrected chi connectivity index (χ4v) is 2.85. The number of hydrogen-bond donors (Lipinski definition) is 1. The van der Waals surface area contributed by atoms with Crippen molar-refractivity contribution in [2.24, 2.45) is 7.05 Å². The second kappa shape index (κ2) is 8.15. The smallest absolute Gasteiger partial charge is 0.0767 e. The molecule has 0 fully saturated rings. The van der Waals surface area contributed by atoms with E-state index < -0.39 is 0 Å². The van der Waals surface area contributed by atoms with Gasteiger partial charge in [-0.05, 0) is 28.8 Å². The third-order valence-electron chi connectivity index (χ3n) is 2.89. The van der Waals surface area contributed by atoms with Gasteiger partial charge in [-0.25, -0.2) is 0 Å². The van der Waals surface area contributed by atoms with Crippen molar-refractivity contribution in [2.45, 2.75) is 32.4 Å². The molecular formula is C12H21BrClN3O. The average molecular weight is 339 g/mol. The molecule has 1 aromatic heterocycles. The molecule has 0 aliphatic carbocycles. The molecule has 1 atom stereocenters. The summed E-state index contributed by atoms with van der Waals surface area (Å²) >= 11 is 9.39. The number of aromatic nitrogens is 2. The van der Waals surface area contributed by atoms with Gasteiger partial charge < -0.3 is 10.1 Å². The van der Waals surface area contributed by atoms with E-state index in [1.54, 1.807) is 7.11 Å². The standard InChI is InChI=1S/C12H21BrClN3O/c1-4-10-12(13)11(17(2)16-10)7-15-9(5-6-14)8-18-3/h9,15H,4-8H2,1-3H3. The molecule has 0 aliphatic heterocycles. The molecule has 104 valence electrons. The van der Waals surface area contributed by atoms with Gasteiger partial charge in [-0.15, -0.1) is 11.6 Å². The van der Waals surface area contributed by atoms with Crippen molar-refractivity contribution in [3.63, 3.8) is 0 Å². The Balaban J connectivity index is 2.63. The predicted octanol–water partition coefficient (Wildman–Crippen LogP) is 2.48. The summed E-state index contributed by atoms with van der Waals surface area (Å²) in [5, 5.41) is 7.93. The predicted molar refractivity (Wildman–Crippen MR) is 78.1 cm³/mol. The lowest BCUT2D eigenvalue weighted by atomic mass is 10.2. The van der Waals surface area contributed by atoms with Crippen molar-refractivity contribution in [3.05, 3.63) is 15.9 Å². The molecule has 0 amide bonds. The van der Waals surface area contributed by atoms with E-state index in [4.69, 9.17) is 16.3 Å². The highest BCUT2D eigenvalue weighted by molar-refractivity contribution is 9.10. The van der Waals surface area contributed by atoms with Crippen molar-refractivity contribution in [1.82, 2.24) is 15.1 Å². The monoisotopic (exact) mass is 337 g/mol. The molecular weight excluding hydrogens is 318 g/mol. The van der Waals surface area contributed by atoms with Crippen LogP contribution < -0.4 is 5.32 Å². The van der Waals surface area contributed by atoms with Gasteiger partial charge in [-0.1, -0.05) is 6.92 Å². The molecule has 1 N–H and O–H groups in total. The summed E-state index contributed by atoms with van der Waals surface area (Å²) in [5.74, 6) is 0.633. The molecule has 0 saturated carbocycles. The van der Waals surface area contributed by atoms with Crippen molar-refractivity contribution in [2.75, 3.05) is 19.6 Å². The largest absolute Gasteiger partial charge is 0.383 e. The number of methoxy groups -OCH3 is 1. The van der Waals surface area contributed by atoms with Gasteiger partial charge in [0, 0.05) is 32.6 Å². The van der Waals surface area contributed by atoms with E-state index >= 15 is 0 Å². The SMILES string of the molecule is CCc1nn(C)c(CNC(CCCl)COC)c1Br. The molecule has 18 heavy (non-hydrogen) atoms. The molecule has 1 aromatic rings. The number of ether oxygens (including phenoxy) is 1. The minimum Gasteiger partial charge on any atom is -0.383 e. The number of halogens is 2. The Kier molecular flexibility index (Phi) is 7.22. The van der Waals surface area contributed by atoms with E-state index in [1.165, 1.54) is 0 Å². The quantitative estimate of drug-likeness (QED) is 0.740. The van der Waals surface area contributed by atoms with Crippen LogP contribution in [0.2, 0.25) is 0 Å². The Hall–Kier alpha value is -0.100. The van der Waals surface area contributed by atoms with Gasteiger partial charge >= 0.3 is 0 Å². The third-order valence-corrected chi connectivity index (χ3v) is 4.02. The van der Waals surface area contributed by atoms with Gasteiger partial charge in [-0.2, -0.15) is 5.10 Å². The Labute approximate surface area is 122 Å². The highest BCUT2D eigenvalue weighted by Crippen LogP contribution is 2.21. The van der Waals surface area contributed by atoms with Crippen molar-refractivity contribution < 1.29 is 4.74 Å². The summed E-state index contributed by atoms with van der Waals surface area (Å²) in [6, 6.07) is 0.277. The first-order chi connectivity index (χ1) is 8.63. The maximum Gasteiger partial charge on any atom is 0.0767 e. The zero-order valence-electron chi connectivity index (χ0n) is 11.2. The lowest BCUT2D eigenvalue weighted by molar-refractivity contribution is 0.163. The van der Waals surface area contributed by atoms with Crippen molar-refractivity contribution >= 4 is 27.5 Å². The number of nitrogens with one attached hydrogen (secondary N) is 1. The van der Waals surface area contributed by atoms with E-state index in [-0.39, 0.29) is 6.04 Å². The number of aryl methyl sites for hydroxylation is 2. The van der Waals surface area contributed by atoms with Crippen LogP contribution in [0.1, 0.15) is 24.7 Å². The number of hydrogen-bond acceptors (Lipinski definition) is 3. The minimum absolute atomic E-state index is 0.277. The van der Waals surface area contributed by atoms with Crippen LogP contribution in [0.3, 0.4) is 0 Å². The highest BCUT2D eigenvalue weighted by atomic mass is 79.9. The number of rotatable bonds is 8. The van der Waals surface area contributed by atoms with Gasteiger partial charge in [0.05, 0.1) is 22.5 Å². The molecule has 4 nitrogen and oxygen atoms in total. The summed E-state index contributed by atoms with van der Waals surface area (Å²) < 4.78 is 8.19. The van der Waals surface area contributed by atoms with Crippen LogP contribution in [-0.2, 0) is 24.8 Å². The molecule has 0 saturated heterocycles. The summed E-state index contributed by atoms with van der Waals surface area (Å²) in [4.78, 5) is 0. The molecule has 0 aromatic carbocycles. The van der Waals surface area contributed by atoms with Crippen LogP contribution in [0.4, 0.5) is 0 Å². The Morgan fingerprint density at radius 1 is 1.56 bits per heavy atom. The van der Waals surface area contributed by atoms with Crippen LogP contribution in [0.15, 0.2) is 4.47 Å². The van der Waals surface area contributed by atoms with E-state index in [9.17, 15) is 0 Å². The Bertz CT molecular complexity index is 364. The zero-order chi connectivity index (χ0) is 13.5. The first-order valence-electron chi connectivity index (χ1n) is 6.12. The van der Waals surface area contributed by atoms with Gasteiger partial charge in [0.15, 0.2) is 0 Å². The maximum atomic E-state index is 5.78. The fourth-order valence-electron chi connectivity index (χ4n) is 1.83. The molecule has 0 aliphatic rings. The fraction of sp³-hybridized carbons (Fsp3) is 0.750. The average Bonchev–Trinajstić information content (AvgIpc) is 2.62.